The highest BCUT2D eigenvalue weighted by molar-refractivity contribution is 7.89. The lowest BCUT2D eigenvalue weighted by atomic mass is 10.1. The van der Waals surface area contributed by atoms with Crippen LogP contribution >= 0.6 is 0 Å². The number of carboxylic acids is 1. The number of hydrogen-bond acceptors (Lipinski definition) is 4. The number of sulfonamides is 1. The Bertz CT molecular complexity index is 559. The number of nitrogens with one attached hydrogen (secondary N) is 1. The van der Waals surface area contributed by atoms with Crippen LogP contribution in [0.4, 0.5) is 0 Å². The van der Waals surface area contributed by atoms with Gasteiger partial charge in [-0.25, -0.2) is 13.1 Å². The molecule has 1 aromatic rings. The Morgan fingerprint density at radius 2 is 2.15 bits per heavy atom. The molecule has 0 saturated carbocycles. The largest absolute Gasteiger partial charge is 0.488 e. The SMILES string of the molecule is O=C(O)CCCS(=O)(=O)NCC1Cc2ccccc2O1. The maximum atomic E-state index is 11.7. The maximum Gasteiger partial charge on any atom is 0.303 e. The molecule has 1 aliphatic heterocycles. The Morgan fingerprint density at radius 3 is 2.85 bits per heavy atom. The summed E-state index contributed by atoms with van der Waals surface area (Å²) in [6.07, 6.45) is 0.429. The van der Waals surface area contributed by atoms with Gasteiger partial charge in [0.15, 0.2) is 0 Å². The fourth-order valence-corrected chi connectivity index (χ4v) is 3.18. The summed E-state index contributed by atoms with van der Waals surface area (Å²) in [6, 6.07) is 7.60. The Kier molecular flexibility index (Phi) is 4.61. The van der Waals surface area contributed by atoms with Crippen molar-refractivity contribution in [2.24, 2.45) is 0 Å². The first-order valence-electron chi connectivity index (χ1n) is 6.40. The van der Waals surface area contributed by atoms with Crippen LogP contribution in [-0.2, 0) is 21.2 Å². The highest BCUT2D eigenvalue weighted by atomic mass is 32.2. The van der Waals surface area contributed by atoms with Gasteiger partial charge in [-0.15, -0.1) is 0 Å². The summed E-state index contributed by atoms with van der Waals surface area (Å²) in [5, 5.41) is 8.48. The van der Waals surface area contributed by atoms with Crippen LogP contribution < -0.4 is 9.46 Å². The highest BCUT2D eigenvalue weighted by Gasteiger charge is 2.23. The molecular formula is C13H17NO5S. The van der Waals surface area contributed by atoms with E-state index in [0.717, 1.165) is 11.3 Å². The molecule has 0 saturated heterocycles. The van der Waals surface area contributed by atoms with Crippen LogP contribution in [0.15, 0.2) is 24.3 Å². The molecule has 0 aromatic heterocycles. The van der Waals surface area contributed by atoms with Gasteiger partial charge in [-0.3, -0.25) is 4.79 Å². The van der Waals surface area contributed by atoms with Gasteiger partial charge in [0.05, 0.1) is 5.75 Å². The summed E-state index contributed by atoms with van der Waals surface area (Å²) in [5.74, 6) is -0.378. The molecule has 1 unspecified atom stereocenters. The lowest BCUT2D eigenvalue weighted by Crippen LogP contribution is -2.35. The molecule has 1 aromatic carbocycles. The van der Waals surface area contributed by atoms with E-state index in [4.69, 9.17) is 9.84 Å². The third kappa shape index (κ3) is 4.21. The summed E-state index contributed by atoms with van der Waals surface area (Å²) < 4.78 is 31.5. The zero-order valence-corrected chi connectivity index (χ0v) is 11.7. The molecular weight excluding hydrogens is 282 g/mol. The predicted molar refractivity (Wildman–Crippen MR) is 73.2 cm³/mol. The molecule has 0 fully saturated rings. The van der Waals surface area contributed by atoms with Crippen molar-refractivity contribution in [2.75, 3.05) is 12.3 Å². The summed E-state index contributed by atoms with van der Waals surface area (Å²) >= 11 is 0. The van der Waals surface area contributed by atoms with Crippen LogP contribution in [0.5, 0.6) is 5.75 Å². The molecule has 1 aliphatic rings. The molecule has 2 N–H and O–H groups in total. The van der Waals surface area contributed by atoms with E-state index >= 15 is 0 Å². The Balaban J connectivity index is 1.77. The normalized spacial score (nSPS) is 17.5. The molecule has 0 spiro atoms. The van der Waals surface area contributed by atoms with E-state index in [0.29, 0.717) is 6.42 Å². The number of carbonyl (C=O) groups is 1. The number of ether oxygens (including phenoxy) is 1. The predicted octanol–water partition coefficient (Wildman–Crippen LogP) is 0.774. The minimum absolute atomic E-state index is 0.108. The molecule has 0 amide bonds. The standard InChI is InChI=1S/C13H17NO5S/c15-13(16)6-3-7-20(17,18)14-9-11-8-10-4-1-2-5-12(10)19-11/h1-2,4-5,11,14H,3,6-9H2,(H,15,16). The lowest BCUT2D eigenvalue weighted by molar-refractivity contribution is -0.137. The molecule has 1 heterocycles. The molecule has 0 bridgehead atoms. The van der Waals surface area contributed by atoms with E-state index in [1.807, 2.05) is 24.3 Å². The smallest absolute Gasteiger partial charge is 0.303 e. The number of fused-ring (bicyclic) bond motifs is 1. The summed E-state index contributed by atoms with van der Waals surface area (Å²) in [5.41, 5.74) is 1.07. The fraction of sp³-hybridized carbons (Fsp3) is 0.462. The maximum absolute atomic E-state index is 11.7. The van der Waals surface area contributed by atoms with Crippen molar-refractivity contribution in [3.63, 3.8) is 0 Å². The molecule has 110 valence electrons. The Hall–Kier alpha value is -1.60. The minimum atomic E-state index is -3.45. The number of carboxylic acid groups (broad SMARTS) is 1. The van der Waals surface area contributed by atoms with Crippen molar-refractivity contribution in [1.29, 1.82) is 0 Å². The monoisotopic (exact) mass is 299 g/mol. The second-order valence-corrected chi connectivity index (χ2v) is 6.64. The van der Waals surface area contributed by atoms with Gasteiger partial charge in [0, 0.05) is 19.4 Å². The van der Waals surface area contributed by atoms with Gasteiger partial charge in [0.2, 0.25) is 10.0 Å². The summed E-state index contributed by atoms with van der Waals surface area (Å²) in [4.78, 5) is 10.3. The number of rotatable bonds is 7. The van der Waals surface area contributed by atoms with Crippen LogP contribution in [0.1, 0.15) is 18.4 Å². The number of aliphatic carboxylic acids is 1. The van der Waals surface area contributed by atoms with Gasteiger partial charge >= 0.3 is 5.97 Å². The van der Waals surface area contributed by atoms with Crippen LogP contribution in [0, 0.1) is 0 Å². The van der Waals surface area contributed by atoms with Gasteiger partial charge < -0.3 is 9.84 Å². The van der Waals surface area contributed by atoms with Crippen LogP contribution in [-0.4, -0.2) is 37.9 Å². The van der Waals surface area contributed by atoms with Crippen molar-refractivity contribution in [1.82, 2.24) is 4.72 Å². The molecule has 0 radical (unpaired) electrons. The van der Waals surface area contributed by atoms with E-state index in [1.54, 1.807) is 0 Å². The van der Waals surface area contributed by atoms with E-state index in [-0.39, 0.29) is 31.2 Å². The molecule has 6 nitrogen and oxygen atoms in total. The van der Waals surface area contributed by atoms with E-state index < -0.39 is 16.0 Å². The summed E-state index contributed by atoms with van der Waals surface area (Å²) in [7, 11) is -3.45. The second-order valence-electron chi connectivity index (χ2n) is 4.72. The van der Waals surface area contributed by atoms with Crippen molar-refractivity contribution in [2.45, 2.75) is 25.4 Å². The first kappa shape index (κ1) is 14.8. The van der Waals surface area contributed by atoms with Gasteiger partial charge in [-0.05, 0) is 18.1 Å². The number of hydrogen-bond donors (Lipinski definition) is 2. The third-order valence-corrected chi connectivity index (χ3v) is 4.48. The average molecular weight is 299 g/mol. The van der Waals surface area contributed by atoms with Crippen LogP contribution in [0.3, 0.4) is 0 Å². The zero-order chi connectivity index (χ0) is 14.6. The van der Waals surface area contributed by atoms with Gasteiger partial charge in [0.25, 0.3) is 0 Å². The van der Waals surface area contributed by atoms with Gasteiger partial charge in [0.1, 0.15) is 11.9 Å². The second kappa shape index (κ2) is 6.23. The van der Waals surface area contributed by atoms with E-state index in [1.165, 1.54) is 0 Å². The minimum Gasteiger partial charge on any atom is -0.488 e. The van der Waals surface area contributed by atoms with Crippen molar-refractivity contribution < 1.29 is 23.1 Å². The number of benzene rings is 1. The highest BCUT2D eigenvalue weighted by Crippen LogP contribution is 2.27. The molecule has 20 heavy (non-hydrogen) atoms. The van der Waals surface area contributed by atoms with Crippen molar-refractivity contribution in [3.05, 3.63) is 29.8 Å². The van der Waals surface area contributed by atoms with Crippen LogP contribution in [0.2, 0.25) is 0 Å². The quantitative estimate of drug-likeness (QED) is 0.776. The summed E-state index contributed by atoms with van der Waals surface area (Å²) in [6.45, 7) is 0.198. The first-order valence-corrected chi connectivity index (χ1v) is 8.05. The van der Waals surface area contributed by atoms with Gasteiger partial charge in [-0.1, -0.05) is 18.2 Å². The number of para-hydroxylation sites is 1. The zero-order valence-electron chi connectivity index (χ0n) is 10.9. The topological polar surface area (TPSA) is 92.7 Å². The van der Waals surface area contributed by atoms with Crippen molar-refractivity contribution >= 4 is 16.0 Å². The first-order chi connectivity index (χ1) is 9.46. The lowest BCUT2D eigenvalue weighted by Gasteiger charge is -2.12. The molecule has 0 aliphatic carbocycles. The third-order valence-electron chi connectivity index (χ3n) is 3.05. The molecule has 2 rings (SSSR count). The Labute approximate surface area is 117 Å². The molecule has 1 atom stereocenters. The Morgan fingerprint density at radius 1 is 1.40 bits per heavy atom. The fourth-order valence-electron chi connectivity index (χ4n) is 2.07. The van der Waals surface area contributed by atoms with Crippen LogP contribution in [0.25, 0.3) is 0 Å². The van der Waals surface area contributed by atoms with Gasteiger partial charge in [-0.2, -0.15) is 0 Å². The average Bonchev–Trinajstić information content (AvgIpc) is 2.78. The van der Waals surface area contributed by atoms with E-state index in [2.05, 4.69) is 4.72 Å². The molecule has 7 heteroatoms. The van der Waals surface area contributed by atoms with Crippen molar-refractivity contribution in [3.8, 4) is 5.75 Å². The van der Waals surface area contributed by atoms with E-state index in [9.17, 15) is 13.2 Å².